The predicted molar refractivity (Wildman–Crippen MR) is 136 cm³/mol. The number of amides is 1. The number of pyridine rings is 1. The topological polar surface area (TPSA) is 115 Å². The van der Waals surface area contributed by atoms with Crippen LogP contribution in [0, 0.1) is 19.3 Å². The molecule has 1 aliphatic rings. The Hall–Kier alpha value is -2.78. The molecule has 0 bridgehead atoms. The Labute approximate surface area is 216 Å². The van der Waals surface area contributed by atoms with Crippen molar-refractivity contribution in [2.45, 2.75) is 76.0 Å². The summed E-state index contributed by atoms with van der Waals surface area (Å²) in [6.45, 7) is 7.78. The van der Waals surface area contributed by atoms with Crippen molar-refractivity contribution < 1.29 is 17.7 Å². The van der Waals surface area contributed by atoms with E-state index in [1.165, 1.54) is 5.56 Å². The lowest BCUT2D eigenvalue weighted by atomic mass is 9.67. The molecular weight excluding hydrogens is 500 g/mol. The first-order valence-electron chi connectivity index (χ1n) is 11.9. The summed E-state index contributed by atoms with van der Waals surface area (Å²) in [5.74, 6) is -0.109. The van der Waals surface area contributed by atoms with E-state index < -0.39 is 15.6 Å². The number of sulfone groups is 1. The largest absolute Gasteiger partial charge is 0.352 e. The highest BCUT2D eigenvalue weighted by atomic mass is 35.5. The van der Waals surface area contributed by atoms with Crippen molar-refractivity contribution in [1.29, 1.82) is 0 Å². The molecule has 1 saturated carbocycles. The lowest BCUT2D eigenvalue weighted by Crippen LogP contribution is -2.48. The molecule has 1 N–H and O–H groups in total. The van der Waals surface area contributed by atoms with Gasteiger partial charge in [-0.15, -0.1) is 0 Å². The van der Waals surface area contributed by atoms with E-state index in [0.717, 1.165) is 19.3 Å². The summed E-state index contributed by atoms with van der Waals surface area (Å²) in [6, 6.07) is 7.31. The summed E-state index contributed by atoms with van der Waals surface area (Å²) in [5, 5.41) is 7.42. The van der Waals surface area contributed by atoms with Gasteiger partial charge in [0.05, 0.1) is 4.90 Å². The van der Waals surface area contributed by atoms with Gasteiger partial charge >= 0.3 is 0 Å². The quantitative estimate of drug-likeness (QED) is 0.469. The number of aryl methyl sites for hydroxylation is 2. The molecule has 3 aromatic rings. The van der Waals surface area contributed by atoms with Crippen LogP contribution in [0.5, 0.6) is 0 Å². The van der Waals surface area contributed by atoms with Gasteiger partial charge in [-0.3, -0.25) is 9.78 Å². The van der Waals surface area contributed by atoms with Crippen LogP contribution in [-0.4, -0.2) is 35.5 Å². The molecule has 36 heavy (non-hydrogen) atoms. The van der Waals surface area contributed by atoms with Gasteiger partial charge in [0.15, 0.2) is 15.7 Å². The number of carbonyl (C=O) groups is 1. The van der Waals surface area contributed by atoms with Crippen LogP contribution in [0.1, 0.15) is 67.4 Å². The Kier molecular flexibility index (Phi) is 7.52. The van der Waals surface area contributed by atoms with Crippen molar-refractivity contribution in [1.82, 2.24) is 20.4 Å². The van der Waals surface area contributed by atoms with Gasteiger partial charge in [-0.25, -0.2) is 8.42 Å². The van der Waals surface area contributed by atoms with Gasteiger partial charge in [0.2, 0.25) is 11.8 Å². The number of nitrogens with zero attached hydrogens (tertiary/aromatic N) is 3. The molecule has 0 spiro atoms. The molecule has 10 heteroatoms. The summed E-state index contributed by atoms with van der Waals surface area (Å²) >= 11 is 6.10. The molecule has 2 unspecified atom stereocenters. The average Bonchev–Trinajstić information content (AvgIpc) is 3.23. The van der Waals surface area contributed by atoms with Gasteiger partial charge in [-0.1, -0.05) is 30.6 Å². The van der Waals surface area contributed by atoms with Gasteiger partial charge in [-0.2, -0.15) is 4.98 Å². The fourth-order valence-electron chi connectivity index (χ4n) is 4.97. The molecule has 2 heterocycles. The van der Waals surface area contributed by atoms with Crippen LogP contribution in [0.25, 0.3) is 0 Å². The van der Waals surface area contributed by atoms with Crippen molar-refractivity contribution in [3.8, 4) is 0 Å². The van der Waals surface area contributed by atoms with Crippen LogP contribution < -0.4 is 5.32 Å². The van der Waals surface area contributed by atoms with Gasteiger partial charge < -0.3 is 9.84 Å². The third-order valence-electron chi connectivity index (χ3n) is 6.96. The molecule has 4 rings (SSSR count). The number of hydrogen-bond acceptors (Lipinski definition) is 7. The van der Waals surface area contributed by atoms with Crippen molar-refractivity contribution in [3.05, 3.63) is 70.1 Å². The second kappa shape index (κ2) is 10.3. The van der Waals surface area contributed by atoms with E-state index in [2.05, 4.69) is 46.4 Å². The van der Waals surface area contributed by atoms with E-state index in [1.54, 1.807) is 26.0 Å². The SMILES string of the molecule is Cc1cc(S(=O)(=O)Cc2noc(CC(=O)NC3CCC(c4ccncc4)CC3(C)C)n2)c(C)cc1Cl. The molecule has 0 saturated heterocycles. The molecule has 0 aliphatic heterocycles. The van der Waals surface area contributed by atoms with Crippen LogP contribution in [0.3, 0.4) is 0 Å². The smallest absolute Gasteiger partial charge is 0.236 e. The maximum absolute atomic E-state index is 12.9. The zero-order chi connectivity index (χ0) is 26.1. The summed E-state index contributed by atoms with van der Waals surface area (Å²) in [7, 11) is -3.71. The molecule has 2 atom stereocenters. The highest BCUT2D eigenvalue weighted by molar-refractivity contribution is 7.90. The fraction of sp³-hybridized carbons (Fsp3) is 0.462. The first-order valence-corrected chi connectivity index (χ1v) is 14.0. The predicted octanol–water partition coefficient (Wildman–Crippen LogP) is 4.73. The molecular formula is C26H31ClN4O4S. The van der Waals surface area contributed by atoms with Gasteiger partial charge in [0.25, 0.3) is 0 Å². The minimum absolute atomic E-state index is 0.0157. The molecule has 1 aromatic carbocycles. The molecule has 0 radical (unpaired) electrons. The summed E-state index contributed by atoms with van der Waals surface area (Å²) < 4.78 is 31.1. The molecule has 8 nitrogen and oxygen atoms in total. The van der Waals surface area contributed by atoms with Gasteiger partial charge in [0.1, 0.15) is 12.2 Å². The first kappa shape index (κ1) is 26.3. The standard InChI is InChI=1S/C26H31ClN4O4S/c1-16-12-21(17(2)11-20(16)27)36(33,34)15-23-30-25(35-31-23)13-24(32)29-22-6-5-19(14-26(22,3)4)18-7-9-28-10-8-18/h7-12,19,22H,5-6,13-15H2,1-4H3,(H,29,32). The zero-order valence-electron chi connectivity index (χ0n) is 20.9. The Morgan fingerprint density at radius 1 is 1.17 bits per heavy atom. The number of benzene rings is 1. The maximum atomic E-state index is 12.9. The number of halogens is 1. The lowest BCUT2D eigenvalue weighted by Gasteiger charge is -2.43. The molecule has 1 fully saturated rings. The van der Waals surface area contributed by atoms with Crippen molar-refractivity contribution in [3.63, 3.8) is 0 Å². The summed E-state index contributed by atoms with van der Waals surface area (Å²) in [5.41, 5.74) is 2.41. The highest BCUT2D eigenvalue weighted by Crippen LogP contribution is 2.43. The number of nitrogens with one attached hydrogen (secondary N) is 1. The lowest BCUT2D eigenvalue weighted by molar-refractivity contribution is -0.122. The van der Waals surface area contributed by atoms with Crippen LogP contribution in [0.15, 0.2) is 46.1 Å². The number of aromatic nitrogens is 3. The molecule has 192 valence electrons. The van der Waals surface area contributed by atoms with E-state index in [1.807, 2.05) is 12.4 Å². The van der Waals surface area contributed by atoms with E-state index >= 15 is 0 Å². The van der Waals surface area contributed by atoms with E-state index in [-0.39, 0.29) is 40.4 Å². The van der Waals surface area contributed by atoms with Gasteiger partial charge in [0, 0.05) is 23.5 Å². The number of hydrogen-bond donors (Lipinski definition) is 1. The monoisotopic (exact) mass is 530 g/mol. The molecule has 1 amide bonds. The van der Waals surface area contributed by atoms with Gasteiger partial charge in [-0.05, 0) is 85.4 Å². The van der Waals surface area contributed by atoms with Crippen molar-refractivity contribution in [2.24, 2.45) is 5.41 Å². The fourth-order valence-corrected chi connectivity index (χ4v) is 6.70. The maximum Gasteiger partial charge on any atom is 0.236 e. The Balaban J connectivity index is 1.36. The van der Waals surface area contributed by atoms with Crippen molar-refractivity contribution >= 4 is 27.3 Å². The van der Waals surface area contributed by atoms with Crippen LogP contribution in [0.4, 0.5) is 0 Å². The Morgan fingerprint density at radius 2 is 1.89 bits per heavy atom. The number of carbonyl (C=O) groups excluding carboxylic acids is 1. The molecule has 2 aromatic heterocycles. The normalized spacial score (nSPS) is 19.7. The average molecular weight is 531 g/mol. The van der Waals surface area contributed by atoms with Crippen LogP contribution in [-0.2, 0) is 26.8 Å². The molecule has 1 aliphatic carbocycles. The Morgan fingerprint density at radius 3 is 2.58 bits per heavy atom. The van der Waals surface area contributed by atoms with E-state index in [9.17, 15) is 13.2 Å². The summed E-state index contributed by atoms with van der Waals surface area (Å²) in [4.78, 5) is 21.2. The van der Waals surface area contributed by atoms with Crippen LogP contribution in [0.2, 0.25) is 5.02 Å². The third-order valence-corrected chi connectivity index (χ3v) is 9.12. The third kappa shape index (κ3) is 5.95. The second-order valence-corrected chi connectivity index (χ2v) is 12.6. The summed E-state index contributed by atoms with van der Waals surface area (Å²) in [6.07, 6.45) is 6.32. The number of rotatable bonds is 7. The highest BCUT2D eigenvalue weighted by Gasteiger charge is 2.38. The van der Waals surface area contributed by atoms with E-state index in [0.29, 0.717) is 22.1 Å². The minimum Gasteiger partial charge on any atom is -0.352 e. The minimum atomic E-state index is -3.71. The second-order valence-electron chi connectivity index (χ2n) is 10.3. The van der Waals surface area contributed by atoms with Crippen molar-refractivity contribution in [2.75, 3.05) is 0 Å². The van der Waals surface area contributed by atoms with Crippen LogP contribution >= 0.6 is 11.6 Å². The first-order chi connectivity index (χ1) is 16.9. The van der Waals surface area contributed by atoms with E-state index in [4.69, 9.17) is 16.1 Å². The zero-order valence-corrected chi connectivity index (χ0v) is 22.5. The Bertz CT molecular complexity index is 1360.